The van der Waals surface area contributed by atoms with Crippen LogP contribution in [0.3, 0.4) is 0 Å². The Morgan fingerprint density at radius 3 is 2.42 bits per heavy atom. The normalized spacial score (nSPS) is 11.3. The van der Waals surface area contributed by atoms with Gasteiger partial charge in [0.05, 0.1) is 5.69 Å². The summed E-state index contributed by atoms with van der Waals surface area (Å²) in [6, 6.07) is 6.96. The highest BCUT2D eigenvalue weighted by atomic mass is 19.1. The lowest BCUT2D eigenvalue weighted by atomic mass is 10.1. The number of hydrogen-bond donors (Lipinski definition) is 1. The summed E-state index contributed by atoms with van der Waals surface area (Å²) in [5.74, 6) is 1.15. The van der Waals surface area contributed by atoms with Crippen molar-refractivity contribution in [1.82, 2.24) is 14.6 Å². The average Bonchev–Trinajstić information content (AvgIpc) is 2.98. The zero-order valence-corrected chi connectivity index (χ0v) is 15.9. The highest BCUT2D eigenvalue weighted by Gasteiger charge is 2.19. The first-order chi connectivity index (χ1) is 12.5. The minimum absolute atomic E-state index is 0.279. The fraction of sp³-hybridized carbons (Fsp3) is 0.400. The third-order valence-corrected chi connectivity index (χ3v) is 4.53. The molecule has 0 atom stereocenters. The van der Waals surface area contributed by atoms with Crippen molar-refractivity contribution in [3.8, 4) is 11.3 Å². The monoisotopic (exact) mass is 355 g/mol. The molecule has 138 valence electrons. The minimum Gasteiger partial charge on any atom is -0.383 e. The Morgan fingerprint density at radius 1 is 1.12 bits per heavy atom. The van der Waals surface area contributed by atoms with E-state index in [2.05, 4.69) is 28.8 Å². The van der Waals surface area contributed by atoms with E-state index in [0.717, 1.165) is 42.9 Å². The first kappa shape index (κ1) is 18.2. The van der Waals surface area contributed by atoms with Crippen LogP contribution in [-0.2, 0) is 0 Å². The Bertz CT molecular complexity index is 926. The Kier molecular flexibility index (Phi) is 5.11. The van der Waals surface area contributed by atoms with Gasteiger partial charge < -0.3 is 10.6 Å². The van der Waals surface area contributed by atoms with Crippen molar-refractivity contribution in [3.63, 3.8) is 0 Å². The van der Waals surface area contributed by atoms with Gasteiger partial charge in [-0.25, -0.2) is 9.37 Å². The summed E-state index contributed by atoms with van der Waals surface area (Å²) in [7, 11) is 0. The van der Waals surface area contributed by atoms with E-state index >= 15 is 0 Å². The van der Waals surface area contributed by atoms with E-state index in [-0.39, 0.29) is 5.82 Å². The van der Waals surface area contributed by atoms with Gasteiger partial charge in [-0.2, -0.15) is 9.61 Å². The molecule has 0 bridgehead atoms. The van der Waals surface area contributed by atoms with Gasteiger partial charge in [0.15, 0.2) is 5.65 Å². The second-order valence-corrected chi connectivity index (χ2v) is 6.72. The molecule has 0 fully saturated rings. The highest BCUT2D eigenvalue weighted by molar-refractivity contribution is 5.70. The number of rotatable bonds is 6. The van der Waals surface area contributed by atoms with Crippen molar-refractivity contribution in [2.75, 3.05) is 23.7 Å². The van der Waals surface area contributed by atoms with Crippen LogP contribution in [0.25, 0.3) is 16.9 Å². The summed E-state index contributed by atoms with van der Waals surface area (Å²) >= 11 is 0. The summed E-state index contributed by atoms with van der Waals surface area (Å²) in [6.07, 6.45) is 2.04. The third kappa shape index (κ3) is 3.23. The van der Waals surface area contributed by atoms with Crippen LogP contribution >= 0.6 is 0 Å². The Morgan fingerprint density at radius 2 is 1.81 bits per heavy atom. The molecule has 5 nitrogen and oxygen atoms in total. The number of aryl methyl sites for hydroxylation is 1. The van der Waals surface area contributed by atoms with Crippen LogP contribution in [0.1, 0.15) is 37.8 Å². The van der Waals surface area contributed by atoms with E-state index in [1.54, 1.807) is 16.6 Å². The molecule has 0 saturated heterocycles. The number of hydrogen-bond acceptors (Lipinski definition) is 4. The summed E-state index contributed by atoms with van der Waals surface area (Å²) in [5, 5.41) is 4.68. The first-order valence-corrected chi connectivity index (χ1v) is 9.13. The quantitative estimate of drug-likeness (QED) is 0.714. The number of nitrogens with two attached hydrogens (primary N) is 1. The number of nitrogen functional groups attached to an aromatic ring is 1. The lowest BCUT2D eigenvalue weighted by Gasteiger charge is -2.26. The van der Waals surface area contributed by atoms with E-state index < -0.39 is 0 Å². The smallest absolute Gasteiger partial charge is 0.160 e. The lowest BCUT2D eigenvalue weighted by Crippen LogP contribution is -2.28. The average molecular weight is 355 g/mol. The number of fused-ring (bicyclic) bond motifs is 1. The molecule has 0 amide bonds. The van der Waals surface area contributed by atoms with Crippen molar-refractivity contribution in [2.24, 2.45) is 0 Å². The molecule has 2 heterocycles. The molecule has 2 N–H and O–H groups in total. The van der Waals surface area contributed by atoms with Crippen molar-refractivity contribution in [2.45, 2.75) is 40.5 Å². The van der Waals surface area contributed by atoms with E-state index in [1.165, 1.54) is 6.07 Å². The van der Waals surface area contributed by atoms with Crippen LogP contribution in [0, 0.1) is 19.7 Å². The van der Waals surface area contributed by atoms with Gasteiger partial charge in [0.2, 0.25) is 0 Å². The molecule has 26 heavy (non-hydrogen) atoms. The number of benzene rings is 1. The SMILES string of the molecule is CCCN(CCC)c1c(C)c(N)nc2cc(-c3ccc(C)cc3F)nn12. The van der Waals surface area contributed by atoms with E-state index in [4.69, 9.17) is 5.73 Å². The van der Waals surface area contributed by atoms with Crippen LogP contribution in [0.4, 0.5) is 16.0 Å². The fourth-order valence-corrected chi connectivity index (χ4v) is 3.28. The van der Waals surface area contributed by atoms with Gasteiger partial charge in [0.1, 0.15) is 17.5 Å². The van der Waals surface area contributed by atoms with Crippen molar-refractivity contribution in [3.05, 3.63) is 41.2 Å². The molecule has 1 aromatic carbocycles. The summed E-state index contributed by atoms with van der Waals surface area (Å²) in [5.41, 5.74) is 9.62. The predicted octanol–water partition coefficient (Wildman–Crippen LogP) is 4.36. The Labute approximate surface area is 153 Å². The number of halogens is 1. The molecular weight excluding hydrogens is 329 g/mol. The molecule has 0 aliphatic heterocycles. The maximum Gasteiger partial charge on any atom is 0.160 e. The molecule has 0 aliphatic rings. The minimum atomic E-state index is -0.279. The van der Waals surface area contributed by atoms with Crippen LogP contribution < -0.4 is 10.6 Å². The number of nitrogens with zero attached hydrogens (tertiary/aromatic N) is 4. The molecule has 2 aromatic heterocycles. The molecule has 0 radical (unpaired) electrons. The molecule has 0 aliphatic carbocycles. The molecule has 6 heteroatoms. The van der Waals surface area contributed by atoms with Gasteiger partial charge >= 0.3 is 0 Å². The van der Waals surface area contributed by atoms with Gasteiger partial charge in [-0.05, 0) is 44.4 Å². The molecular formula is C20H26FN5. The molecule has 0 unspecified atom stereocenters. The molecule has 0 spiro atoms. The summed E-state index contributed by atoms with van der Waals surface area (Å²) in [4.78, 5) is 6.74. The second-order valence-electron chi connectivity index (χ2n) is 6.72. The Balaban J connectivity index is 2.21. The molecule has 0 saturated carbocycles. The van der Waals surface area contributed by atoms with Gasteiger partial charge in [0, 0.05) is 30.3 Å². The van der Waals surface area contributed by atoms with E-state index in [9.17, 15) is 4.39 Å². The van der Waals surface area contributed by atoms with Crippen molar-refractivity contribution >= 4 is 17.3 Å². The van der Waals surface area contributed by atoms with Gasteiger partial charge in [0.25, 0.3) is 0 Å². The van der Waals surface area contributed by atoms with Crippen LogP contribution in [0.2, 0.25) is 0 Å². The standard InChI is InChI=1S/C20H26FN5/c1-5-9-25(10-6-2)20-14(4)19(22)23-18-12-17(24-26(18)20)15-8-7-13(3)11-16(15)21/h7-8,11-12H,5-6,9-10H2,1-4H3,(H2,22,23). The van der Waals surface area contributed by atoms with Crippen molar-refractivity contribution < 1.29 is 4.39 Å². The highest BCUT2D eigenvalue weighted by Crippen LogP contribution is 2.29. The fourth-order valence-electron chi connectivity index (χ4n) is 3.28. The zero-order valence-electron chi connectivity index (χ0n) is 15.9. The largest absolute Gasteiger partial charge is 0.383 e. The number of anilines is 2. The van der Waals surface area contributed by atoms with Gasteiger partial charge in [-0.1, -0.05) is 19.9 Å². The zero-order chi connectivity index (χ0) is 18.8. The summed E-state index contributed by atoms with van der Waals surface area (Å²) < 4.78 is 16.2. The lowest BCUT2D eigenvalue weighted by molar-refractivity contribution is 0.629. The molecule has 3 rings (SSSR count). The second kappa shape index (κ2) is 7.32. The molecule has 3 aromatic rings. The van der Waals surface area contributed by atoms with Crippen LogP contribution in [0.5, 0.6) is 0 Å². The van der Waals surface area contributed by atoms with Crippen molar-refractivity contribution in [1.29, 1.82) is 0 Å². The van der Waals surface area contributed by atoms with Gasteiger partial charge in [-0.15, -0.1) is 0 Å². The predicted molar refractivity (Wildman–Crippen MR) is 105 cm³/mol. The van der Waals surface area contributed by atoms with Crippen LogP contribution in [0.15, 0.2) is 24.3 Å². The topological polar surface area (TPSA) is 59.5 Å². The maximum atomic E-state index is 14.4. The first-order valence-electron chi connectivity index (χ1n) is 9.13. The Hall–Kier alpha value is -2.63. The third-order valence-electron chi connectivity index (χ3n) is 4.53. The van der Waals surface area contributed by atoms with Crippen LogP contribution in [-0.4, -0.2) is 27.7 Å². The maximum absolute atomic E-state index is 14.4. The van der Waals surface area contributed by atoms with Gasteiger partial charge in [-0.3, -0.25) is 0 Å². The number of aromatic nitrogens is 3. The summed E-state index contributed by atoms with van der Waals surface area (Å²) in [6.45, 7) is 9.94. The van der Waals surface area contributed by atoms with E-state index in [0.29, 0.717) is 22.7 Å². The van der Waals surface area contributed by atoms with E-state index in [1.807, 2.05) is 19.9 Å².